The molecular weight excluding hydrogens is 344 g/mol. The summed E-state index contributed by atoms with van der Waals surface area (Å²) in [5, 5.41) is 11.0. The molecule has 150 valence electrons. The summed E-state index contributed by atoms with van der Waals surface area (Å²) < 4.78 is 11.2. The number of nitrogens with zero attached hydrogens (tertiary/aromatic N) is 2. The Morgan fingerprint density at radius 1 is 1.15 bits per heavy atom. The molecule has 1 aromatic rings. The molecule has 2 fully saturated rings. The normalized spacial score (nSPS) is 24.5. The Hall–Kier alpha value is -1.63. The van der Waals surface area contributed by atoms with E-state index in [1.165, 1.54) is 11.1 Å². The van der Waals surface area contributed by atoms with Crippen molar-refractivity contribution in [3.8, 4) is 5.75 Å². The fourth-order valence-corrected chi connectivity index (χ4v) is 3.66. The van der Waals surface area contributed by atoms with Crippen LogP contribution in [0.1, 0.15) is 30.4 Å². The van der Waals surface area contributed by atoms with Crippen LogP contribution in [0.3, 0.4) is 0 Å². The summed E-state index contributed by atoms with van der Waals surface area (Å²) in [5.74, 6) is 0.963. The predicted molar refractivity (Wildman–Crippen MR) is 104 cm³/mol. The summed E-state index contributed by atoms with van der Waals surface area (Å²) in [6, 6.07) is 6.01. The van der Waals surface area contributed by atoms with Gasteiger partial charge in [-0.2, -0.15) is 0 Å². The average molecular weight is 376 g/mol. The lowest BCUT2D eigenvalue weighted by Gasteiger charge is -2.30. The average Bonchev–Trinajstić information content (AvgIpc) is 2.85. The van der Waals surface area contributed by atoms with Crippen molar-refractivity contribution in [1.82, 2.24) is 9.80 Å². The number of hydrogen-bond acceptors (Lipinski definition) is 5. The Morgan fingerprint density at radius 3 is 2.67 bits per heavy atom. The van der Waals surface area contributed by atoms with Gasteiger partial charge < -0.3 is 19.5 Å². The lowest BCUT2D eigenvalue weighted by molar-refractivity contribution is -0.136. The Morgan fingerprint density at radius 2 is 1.93 bits per heavy atom. The molecular formula is C21H32N2O4. The summed E-state index contributed by atoms with van der Waals surface area (Å²) in [6.07, 6.45) is 2.18. The van der Waals surface area contributed by atoms with Gasteiger partial charge in [-0.1, -0.05) is 6.07 Å². The van der Waals surface area contributed by atoms with Crippen LogP contribution in [-0.4, -0.2) is 79.0 Å². The zero-order valence-electron chi connectivity index (χ0n) is 16.6. The Balaban J connectivity index is 1.49. The third kappa shape index (κ3) is 5.67. The molecule has 2 heterocycles. The summed E-state index contributed by atoms with van der Waals surface area (Å²) in [7, 11) is 0. The first-order chi connectivity index (χ1) is 13.0. The van der Waals surface area contributed by atoms with Gasteiger partial charge in [-0.15, -0.1) is 0 Å². The molecule has 3 rings (SSSR count). The van der Waals surface area contributed by atoms with Crippen LogP contribution < -0.4 is 4.74 Å². The second kappa shape index (κ2) is 9.04. The number of ether oxygens (including phenoxy) is 2. The number of hydrogen-bond donors (Lipinski definition) is 1. The highest BCUT2D eigenvalue weighted by atomic mass is 16.5. The lowest BCUT2D eigenvalue weighted by Crippen LogP contribution is -2.46. The maximum absolute atomic E-state index is 12.5. The van der Waals surface area contributed by atoms with E-state index in [0.29, 0.717) is 58.8 Å². The maximum atomic E-state index is 12.5. The molecule has 0 bridgehead atoms. The van der Waals surface area contributed by atoms with Crippen LogP contribution >= 0.6 is 0 Å². The van der Waals surface area contributed by atoms with Crippen LogP contribution in [0.25, 0.3) is 0 Å². The number of carbonyl (C=O) groups excluding carboxylic acids is 1. The summed E-state index contributed by atoms with van der Waals surface area (Å²) in [4.78, 5) is 16.5. The van der Waals surface area contributed by atoms with Gasteiger partial charge in [0.05, 0.1) is 25.4 Å². The quantitative estimate of drug-likeness (QED) is 0.848. The van der Waals surface area contributed by atoms with Crippen molar-refractivity contribution < 1.29 is 19.4 Å². The van der Waals surface area contributed by atoms with E-state index >= 15 is 0 Å². The molecule has 1 N–H and O–H groups in total. The number of morpholine rings is 1. The fourth-order valence-electron chi connectivity index (χ4n) is 3.66. The van der Waals surface area contributed by atoms with Crippen molar-refractivity contribution in [3.05, 3.63) is 29.3 Å². The zero-order valence-corrected chi connectivity index (χ0v) is 16.6. The van der Waals surface area contributed by atoms with Crippen molar-refractivity contribution >= 4 is 5.91 Å². The van der Waals surface area contributed by atoms with Gasteiger partial charge in [-0.25, -0.2) is 0 Å². The largest absolute Gasteiger partial charge is 0.491 e. The Kier molecular flexibility index (Phi) is 6.73. The summed E-state index contributed by atoms with van der Waals surface area (Å²) in [5.41, 5.74) is 1.58. The fraction of sp³-hybridized carbons (Fsp3) is 0.667. The van der Waals surface area contributed by atoms with Crippen LogP contribution in [0.5, 0.6) is 5.75 Å². The highest BCUT2D eigenvalue weighted by Crippen LogP contribution is 2.25. The maximum Gasteiger partial charge on any atom is 0.236 e. The van der Waals surface area contributed by atoms with Crippen LogP contribution in [0.2, 0.25) is 0 Å². The van der Waals surface area contributed by atoms with E-state index in [2.05, 4.69) is 18.7 Å². The molecule has 2 aliphatic rings. The Labute approximate surface area is 162 Å². The van der Waals surface area contributed by atoms with Crippen molar-refractivity contribution in [3.63, 3.8) is 0 Å². The predicted octanol–water partition coefficient (Wildman–Crippen LogP) is 1.76. The van der Waals surface area contributed by atoms with Crippen LogP contribution in [0.15, 0.2) is 18.2 Å². The number of rotatable bonds is 5. The van der Waals surface area contributed by atoms with Crippen LogP contribution in [-0.2, 0) is 9.53 Å². The van der Waals surface area contributed by atoms with E-state index < -0.39 is 5.60 Å². The standard InChI is InChI=1S/C21H32N2O4/c1-17-4-5-19(14-18(17)2)27-16-21(25)6-3-8-22(9-7-21)15-20(24)23-10-12-26-13-11-23/h4-5,14,25H,3,6-13,15-16H2,1-2H3. The van der Waals surface area contributed by atoms with Gasteiger partial charge in [0.25, 0.3) is 0 Å². The van der Waals surface area contributed by atoms with Crippen LogP contribution in [0.4, 0.5) is 0 Å². The number of aliphatic hydroxyl groups is 1. The van der Waals surface area contributed by atoms with Crippen molar-refractivity contribution in [2.75, 3.05) is 52.5 Å². The summed E-state index contributed by atoms with van der Waals surface area (Å²) in [6.45, 7) is 9.01. The zero-order chi connectivity index (χ0) is 19.3. The highest BCUT2D eigenvalue weighted by molar-refractivity contribution is 5.78. The molecule has 6 heteroatoms. The molecule has 2 saturated heterocycles. The van der Waals surface area contributed by atoms with Crippen molar-refractivity contribution in [1.29, 1.82) is 0 Å². The number of amides is 1. The number of benzene rings is 1. The minimum atomic E-state index is -0.838. The number of carbonyl (C=O) groups is 1. The van der Waals surface area contributed by atoms with E-state index in [-0.39, 0.29) is 5.91 Å². The minimum absolute atomic E-state index is 0.162. The molecule has 0 spiro atoms. The van der Waals surface area contributed by atoms with Gasteiger partial charge in [-0.05, 0) is 62.9 Å². The van der Waals surface area contributed by atoms with E-state index in [0.717, 1.165) is 18.7 Å². The highest BCUT2D eigenvalue weighted by Gasteiger charge is 2.32. The minimum Gasteiger partial charge on any atom is -0.491 e. The van der Waals surface area contributed by atoms with Crippen molar-refractivity contribution in [2.45, 2.75) is 38.7 Å². The van der Waals surface area contributed by atoms with Gasteiger partial charge in [0.2, 0.25) is 5.91 Å². The molecule has 6 nitrogen and oxygen atoms in total. The van der Waals surface area contributed by atoms with Gasteiger partial charge in [-0.3, -0.25) is 9.69 Å². The Bertz CT molecular complexity index is 645. The number of aryl methyl sites for hydroxylation is 2. The molecule has 1 aromatic carbocycles. The molecule has 0 radical (unpaired) electrons. The molecule has 27 heavy (non-hydrogen) atoms. The smallest absolute Gasteiger partial charge is 0.236 e. The van der Waals surface area contributed by atoms with Gasteiger partial charge >= 0.3 is 0 Å². The van der Waals surface area contributed by atoms with E-state index in [1.54, 1.807) is 0 Å². The van der Waals surface area contributed by atoms with Gasteiger partial charge in [0.1, 0.15) is 12.4 Å². The van der Waals surface area contributed by atoms with E-state index in [4.69, 9.17) is 9.47 Å². The molecule has 0 aromatic heterocycles. The van der Waals surface area contributed by atoms with Gasteiger partial charge in [0.15, 0.2) is 0 Å². The van der Waals surface area contributed by atoms with E-state index in [9.17, 15) is 9.90 Å². The molecule has 2 aliphatic heterocycles. The molecule has 0 aliphatic carbocycles. The molecule has 1 unspecified atom stereocenters. The van der Waals surface area contributed by atoms with E-state index in [1.807, 2.05) is 23.1 Å². The molecule has 1 atom stereocenters. The first kappa shape index (κ1) is 20.1. The topological polar surface area (TPSA) is 62.2 Å². The summed E-state index contributed by atoms with van der Waals surface area (Å²) >= 11 is 0. The molecule has 1 amide bonds. The van der Waals surface area contributed by atoms with Crippen LogP contribution in [0, 0.1) is 13.8 Å². The first-order valence-corrected chi connectivity index (χ1v) is 9.95. The third-order valence-electron chi connectivity index (χ3n) is 5.72. The van der Waals surface area contributed by atoms with Crippen molar-refractivity contribution in [2.24, 2.45) is 0 Å². The molecule has 0 saturated carbocycles. The monoisotopic (exact) mass is 376 g/mol. The SMILES string of the molecule is Cc1ccc(OCC2(O)CCCN(CC(=O)N3CCOCC3)CC2)cc1C. The number of likely N-dealkylation sites (tertiary alicyclic amines) is 1. The lowest BCUT2D eigenvalue weighted by atomic mass is 9.96. The third-order valence-corrected chi connectivity index (χ3v) is 5.72. The first-order valence-electron chi connectivity index (χ1n) is 9.95. The van der Waals surface area contributed by atoms with Gasteiger partial charge in [0, 0.05) is 19.6 Å². The second-order valence-electron chi connectivity index (χ2n) is 7.88. The second-order valence-corrected chi connectivity index (χ2v) is 7.88.